The van der Waals surface area contributed by atoms with Crippen LogP contribution in [-0.4, -0.2) is 4.98 Å². The molecule has 0 saturated heterocycles. The first-order valence-electron chi connectivity index (χ1n) is 5.97. The summed E-state index contributed by atoms with van der Waals surface area (Å²) in [6.07, 6.45) is 0. The van der Waals surface area contributed by atoms with Crippen LogP contribution in [0.2, 0.25) is 0 Å². The number of hydrogen-bond donors (Lipinski definition) is 1. The zero-order valence-corrected chi connectivity index (χ0v) is 10.5. The van der Waals surface area contributed by atoms with Gasteiger partial charge >= 0.3 is 0 Å². The topological polar surface area (TPSA) is 15.8 Å². The smallest absolute Gasteiger partial charge is 0.101 e. The Morgan fingerprint density at radius 1 is 0.778 bits per heavy atom. The fraction of sp³-hybridized carbons (Fsp3) is 0. The number of nitrogens with one attached hydrogen (secondary N) is 1. The largest absolute Gasteiger partial charge is 0.346 e. The number of fused-ring (bicyclic) bond motifs is 3. The van der Waals surface area contributed by atoms with Crippen molar-refractivity contribution in [2.24, 2.45) is 0 Å². The Hall–Kier alpha value is -2.06. The van der Waals surface area contributed by atoms with E-state index in [1.54, 1.807) is 0 Å². The molecule has 4 rings (SSSR count). The molecule has 0 atom stereocenters. The van der Waals surface area contributed by atoms with Crippen molar-refractivity contribution in [2.75, 3.05) is 0 Å². The Bertz CT molecular complexity index is 824. The van der Waals surface area contributed by atoms with Crippen LogP contribution in [-0.2, 0) is 0 Å². The number of para-hydroxylation sites is 1. The molecule has 4 aromatic rings. The van der Waals surface area contributed by atoms with Gasteiger partial charge in [-0.25, -0.2) is 0 Å². The van der Waals surface area contributed by atoms with Gasteiger partial charge in [0, 0.05) is 21.2 Å². The van der Waals surface area contributed by atoms with Crippen molar-refractivity contribution in [3.05, 3.63) is 60.7 Å². The van der Waals surface area contributed by atoms with Crippen molar-refractivity contribution < 1.29 is 0 Å². The first kappa shape index (κ1) is 9.92. The molecular formula is C16H11NS. The molecule has 2 heterocycles. The number of H-pyrrole nitrogens is 1. The maximum atomic E-state index is 3.49. The highest BCUT2D eigenvalue weighted by Crippen LogP contribution is 2.36. The van der Waals surface area contributed by atoms with Crippen molar-refractivity contribution in [2.45, 2.75) is 0 Å². The van der Waals surface area contributed by atoms with Crippen molar-refractivity contribution in [1.82, 2.24) is 4.98 Å². The van der Waals surface area contributed by atoms with E-state index in [-0.39, 0.29) is 0 Å². The molecule has 0 spiro atoms. The molecule has 0 aliphatic rings. The first-order chi connectivity index (χ1) is 8.92. The van der Waals surface area contributed by atoms with E-state index in [9.17, 15) is 0 Å². The Kier molecular flexibility index (Phi) is 2.05. The number of hydrogen-bond acceptors (Lipinski definition) is 1. The Morgan fingerprint density at radius 2 is 1.56 bits per heavy atom. The monoisotopic (exact) mass is 249 g/mol. The van der Waals surface area contributed by atoms with Crippen LogP contribution in [0.3, 0.4) is 0 Å². The van der Waals surface area contributed by atoms with Gasteiger partial charge in [0.1, 0.15) is 4.83 Å². The second-order valence-electron chi connectivity index (χ2n) is 4.39. The number of rotatable bonds is 1. The van der Waals surface area contributed by atoms with Gasteiger partial charge < -0.3 is 4.98 Å². The average Bonchev–Trinajstić information content (AvgIpc) is 2.97. The lowest BCUT2D eigenvalue weighted by molar-refractivity contribution is 1.58. The van der Waals surface area contributed by atoms with Gasteiger partial charge in [0.25, 0.3) is 0 Å². The summed E-state index contributed by atoms with van der Waals surface area (Å²) in [6, 6.07) is 21.3. The number of aromatic nitrogens is 1. The number of thiophene rings is 1. The van der Waals surface area contributed by atoms with Gasteiger partial charge in [-0.05, 0) is 17.7 Å². The molecular weight excluding hydrogens is 238 g/mol. The first-order valence-corrected chi connectivity index (χ1v) is 6.79. The van der Waals surface area contributed by atoms with E-state index in [0.717, 1.165) is 0 Å². The molecule has 0 bridgehead atoms. The average molecular weight is 249 g/mol. The SMILES string of the molecule is c1ccc(-c2cc3c([nH]c4ccccc43)s2)cc1. The molecule has 1 N–H and O–H groups in total. The van der Waals surface area contributed by atoms with Crippen LogP contribution in [0.4, 0.5) is 0 Å². The Balaban J connectivity index is 2.00. The molecule has 0 aliphatic heterocycles. The molecule has 0 radical (unpaired) electrons. The van der Waals surface area contributed by atoms with Crippen molar-refractivity contribution in [1.29, 1.82) is 0 Å². The summed E-state index contributed by atoms with van der Waals surface area (Å²) in [6.45, 7) is 0. The minimum absolute atomic E-state index is 1.22. The molecule has 0 unspecified atom stereocenters. The molecule has 2 heteroatoms. The zero-order valence-electron chi connectivity index (χ0n) is 9.68. The summed E-state index contributed by atoms with van der Waals surface area (Å²) in [5.74, 6) is 0. The maximum Gasteiger partial charge on any atom is 0.101 e. The van der Waals surface area contributed by atoms with Crippen LogP contribution < -0.4 is 0 Å². The summed E-state index contributed by atoms with van der Waals surface area (Å²) < 4.78 is 0. The molecule has 0 aliphatic carbocycles. The molecule has 0 amide bonds. The fourth-order valence-corrected chi connectivity index (χ4v) is 3.47. The predicted molar refractivity (Wildman–Crippen MR) is 79.1 cm³/mol. The fourth-order valence-electron chi connectivity index (χ4n) is 2.38. The van der Waals surface area contributed by atoms with Crippen LogP contribution in [0.25, 0.3) is 31.6 Å². The van der Waals surface area contributed by atoms with E-state index in [1.807, 2.05) is 11.3 Å². The van der Waals surface area contributed by atoms with E-state index < -0.39 is 0 Å². The lowest BCUT2D eigenvalue weighted by atomic mass is 10.1. The van der Waals surface area contributed by atoms with E-state index >= 15 is 0 Å². The van der Waals surface area contributed by atoms with Crippen molar-refractivity contribution >= 4 is 32.5 Å². The predicted octanol–water partition coefficient (Wildman–Crippen LogP) is 5.05. The molecule has 18 heavy (non-hydrogen) atoms. The highest BCUT2D eigenvalue weighted by atomic mass is 32.1. The Labute approximate surface area is 109 Å². The van der Waals surface area contributed by atoms with Gasteiger partial charge in [0.05, 0.1) is 0 Å². The second-order valence-corrected chi connectivity index (χ2v) is 5.44. The zero-order chi connectivity index (χ0) is 11.9. The molecule has 1 nitrogen and oxygen atoms in total. The normalized spacial score (nSPS) is 11.3. The number of benzene rings is 2. The third kappa shape index (κ3) is 1.39. The minimum atomic E-state index is 1.22. The second kappa shape index (κ2) is 3.72. The highest BCUT2D eigenvalue weighted by Gasteiger charge is 2.09. The minimum Gasteiger partial charge on any atom is -0.346 e. The van der Waals surface area contributed by atoms with Gasteiger partial charge in [0.2, 0.25) is 0 Å². The van der Waals surface area contributed by atoms with E-state index in [4.69, 9.17) is 0 Å². The molecule has 86 valence electrons. The Morgan fingerprint density at radius 3 is 2.44 bits per heavy atom. The van der Waals surface area contributed by atoms with E-state index in [2.05, 4.69) is 65.6 Å². The summed E-state index contributed by atoms with van der Waals surface area (Å²) >= 11 is 1.82. The van der Waals surface area contributed by atoms with Gasteiger partial charge in [-0.15, -0.1) is 11.3 Å². The van der Waals surface area contributed by atoms with Crippen LogP contribution in [0.5, 0.6) is 0 Å². The standard InChI is InChI=1S/C16H11NS/c1-2-6-11(7-3-1)15-10-13-12-8-4-5-9-14(12)17-16(13)18-15/h1-10,17H. The van der Waals surface area contributed by atoms with Crippen LogP contribution >= 0.6 is 11.3 Å². The molecule has 2 aromatic carbocycles. The highest BCUT2D eigenvalue weighted by molar-refractivity contribution is 7.22. The molecule has 2 aromatic heterocycles. The van der Waals surface area contributed by atoms with Gasteiger partial charge in [-0.2, -0.15) is 0 Å². The third-order valence-corrected chi connectivity index (χ3v) is 4.36. The lowest BCUT2D eigenvalue weighted by Gasteiger charge is -1.94. The van der Waals surface area contributed by atoms with Crippen molar-refractivity contribution in [3.8, 4) is 10.4 Å². The summed E-state index contributed by atoms with van der Waals surface area (Å²) in [7, 11) is 0. The summed E-state index contributed by atoms with van der Waals surface area (Å²) in [5, 5.41) is 2.64. The summed E-state index contributed by atoms with van der Waals surface area (Å²) in [5.41, 5.74) is 2.51. The van der Waals surface area contributed by atoms with Crippen LogP contribution in [0.1, 0.15) is 0 Å². The summed E-state index contributed by atoms with van der Waals surface area (Å²) in [4.78, 5) is 6.07. The van der Waals surface area contributed by atoms with E-state index in [1.165, 1.54) is 31.6 Å². The van der Waals surface area contributed by atoms with Crippen molar-refractivity contribution in [3.63, 3.8) is 0 Å². The number of aromatic amines is 1. The molecule has 0 saturated carbocycles. The quantitative estimate of drug-likeness (QED) is 0.486. The van der Waals surface area contributed by atoms with Gasteiger partial charge in [-0.1, -0.05) is 48.5 Å². The van der Waals surface area contributed by atoms with Crippen LogP contribution in [0, 0.1) is 0 Å². The van der Waals surface area contributed by atoms with E-state index in [0.29, 0.717) is 0 Å². The maximum absolute atomic E-state index is 3.49. The van der Waals surface area contributed by atoms with Gasteiger partial charge in [-0.3, -0.25) is 0 Å². The third-order valence-electron chi connectivity index (χ3n) is 3.26. The van der Waals surface area contributed by atoms with Gasteiger partial charge in [0.15, 0.2) is 0 Å². The molecule has 0 fully saturated rings. The van der Waals surface area contributed by atoms with Crippen LogP contribution in [0.15, 0.2) is 60.7 Å². The lowest BCUT2D eigenvalue weighted by Crippen LogP contribution is -1.69.